The van der Waals surface area contributed by atoms with Crippen LogP contribution in [0.1, 0.15) is 37.8 Å². The number of nitrogens with zero attached hydrogens (tertiary/aromatic N) is 3. The van der Waals surface area contributed by atoms with Gasteiger partial charge in [-0.25, -0.2) is 15.3 Å². The van der Waals surface area contributed by atoms with Crippen molar-refractivity contribution in [1.29, 1.82) is 5.26 Å². The van der Waals surface area contributed by atoms with E-state index in [1.165, 1.54) is 0 Å². The second kappa shape index (κ2) is 12.2. The number of methoxy groups -OCH3 is 1. The molecule has 3 aromatic rings. The Hall–Kier alpha value is -3.87. The van der Waals surface area contributed by atoms with Crippen LogP contribution in [0.25, 0.3) is 10.9 Å². The summed E-state index contributed by atoms with van der Waals surface area (Å²) in [6, 6.07) is 17.2. The Balaban J connectivity index is 1.39. The highest BCUT2D eigenvalue weighted by Gasteiger charge is 2.16. The van der Waals surface area contributed by atoms with Crippen LogP contribution in [0, 0.1) is 11.3 Å². The third-order valence-electron chi connectivity index (χ3n) is 5.95. The number of nitriles is 1. The lowest BCUT2D eigenvalue weighted by molar-refractivity contribution is -0.200. The van der Waals surface area contributed by atoms with Crippen molar-refractivity contribution in [3.8, 4) is 17.6 Å². The van der Waals surface area contributed by atoms with Gasteiger partial charge in [0.05, 0.1) is 24.9 Å². The molecule has 0 aliphatic carbocycles. The summed E-state index contributed by atoms with van der Waals surface area (Å²) in [5, 5.41) is 10.4. The number of carbonyl (C=O) groups is 1. The summed E-state index contributed by atoms with van der Waals surface area (Å²) >= 11 is 0. The summed E-state index contributed by atoms with van der Waals surface area (Å²) in [6.07, 6.45) is 3.22. The predicted molar refractivity (Wildman–Crippen MR) is 135 cm³/mol. The van der Waals surface area contributed by atoms with Gasteiger partial charge in [-0.15, -0.1) is 0 Å². The molecule has 9 nitrogen and oxygen atoms in total. The number of hydrogen-bond acceptors (Lipinski definition) is 8. The smallest absolute Gasteiger partial charge is 0.243 e. The third kappa shape index (κ3) is 6.22. The Morgan fingerprint density at radius 2 is 2.08 bits per heavy atom. The molecule has 2 heterocycles. The average Bonchev–Trinajstić information content (AvgIpc) is 2.93. The lowest BCUT2D eigenvalue weighted by Crippen LogP contribution is -2.33. The maximum atomic E-state index is 12.1. The maximum absolute atomic E-state index is 12.1. The van der Waals surface area contributed by atoms with Gasteiger partial charge in [-0.2, -0.15) is 5.26 Å². The predicted octanol–water partition coefficient (Wildman–Crippen LogP) is 4.62. The van der Waals surface area contributed by atoms with E-state index in [0.29, 0.717) is 36.8 Å². The quantitative estimate of drug-likeness (QED) is 0.324. The highest BCUT2D eigenvalue weighted by atomic mass is 16.8. The lowest BCUT2D eigenvalue weighted by atomic mass is 10.1. The van der Waals surface area contributed by atoms with E-state index in [4.69, 9.17) is 19.0 Å². The van der Waals surface area contributed by atoms with Crippen LogP contribution in [0.2, 0.25) is 0 Å². The van der Waals surface area contributed by atoms with Crippen molar-refractivity contribution in [2.45, 2.75) is 38.4 Å². The molecule has 1 fully saturated rings. The van der Waals surface area contributed by atoms with Crippen molar-refractivity contribution < 1.29 is 23.8 Å². The van der Waals surface area contributed by atoms with E-state index in [1.54, 1.807) is 13.2 Å². The first-order valence-electron chi connectivity index (χ1n) is 12.0. The number of benzene rings is 2. The lowest BCUT2D eigenvalue weighted by Gasteiger charge is -2.23. The van der Waals surface area contributed by atoms with Gasteiger partial charge in [0.2, 0.25) is 5.91 Å². The van der Waals surface area contributed by atoms with Gasteiger partial charge in [0, 0.05) is 43.6 Å². The Labute approximate surface area is 210 Å². The minimum absolute atomic E-state index is 0.217. The molecular formula is C27H30N4O5. The molecule has 1 saturated heterocycles. The molecule has 9 heteroatoms. The molecule has 0 saturated carbocycles. The minimum Gasteiger partial charge on any atom is -0.493 e. The molecule has 188 valence electrons. The van der Waals surface area contributed by atoms with E-state index in [2.05, 4.69) is 16.5 Å². The molecule has 4 rings (SSSR count). The molecular weight excluding hydrogens is 460 g/mol. The van der Waals surface area contributed by atoms with Crippen LogP contribution in [0.5, 0.6) is 11.5 Å². The number of ether oxygens (including phenoxy) is 3. The number of pyridine rings is 1. The van der Waals surface area contributed by atoms with E-state index >= 15 is 0 Å². The molecule has 36 heavy (non-hydrogen) atoms. The van der Waals surface area contributed by atoms with Crippen molar-refractivity contribution >= 4 is 28.2 Å². The molecule has 0 spiro atoms. The minimum atomic E-state index is -0.371. The molecule has 0 radical (unpaired) electrons. The molecule has 1 atom stereocenters. The fourth-order valence-corrected chi connectivity index (χ4v) is 4.02. The zero-order chi connectivity index (χ0) is 25.3. The fraction of sp³-hybridized carbons (Fsp3) is 0.370. The summed E-state index contributed by atoms with van der Waals surface area (Å²) in [6.45, 7) is 0.981. The van der Waals surface area contributed by atoms with E-state index in [0.717, 1.165) is 41.5 Å². The number of hydrogen-bond donors (Lipinski definition) is 1. The monoisotopic (exact) mass is 490 g/mol. The van der Waals surface area contributed by atoms with Gasteiger partial charge >= 0.3 is 0 Å². The standard InChI is InChI=1S/C27H30N4O5/c1-31(23-16-19(18-28)29-22-9-4-3-8-21(22)23)20-12-13-24(33-2)25(17-20)34-15-7-10-26(32)30-36-27-11-5-6-14-35-27/h3-4,8-9,12-13,16-17,27H,5-7,10-11,14-15H2,1-2H3,(H,30,32). The molecule has 1 aliphatic heterocycles. The first-order chi connectivity index (χ1) is 17.6. The highest BCUT2D eigenvalue weighted by Crippen LogP contribution is 2.36. The van der Waals surface area contributed by atoms with Crippen LogP contribution in [0.15, 0.2) is 48.5 Å². The normalized spacial score (nSPS) is 15.2. The summed E-state index contributed by atoms with van der Waals surface area (Å²) in [5.74, 6) is 0.936. The molecule has 0 bridgehead atoms. The average molecular weight is 491 g/mol. The first-order valence-corrected chi connectivity index (χ1v) is 12.0. The van der Waals surface area contributed by atoms with Crippen molar-refractivity contribution in [2.75, 3.05) is 32.3 Å². The molecule has 1 amide bonds. The molecule has 1 aliphatic rings. The van der Waals surface area contributed by atoms with Crippen LogP contribution >= 0.6 is 0 Å². The highest BCUT2D eigenvalue weighted by molar-refractivity contribution is 5.94. The number of para-hydroxylation sites is 1. The Morgan fingerprint density at radius 3 is 2.86 bits per heavy atom. The summed E-state index contributed by atoms with van der Waals surface area (Å²) in [4.78, 5) is 23.8. The molecule has 2 aromatic carbocycles. The van der Waals surface area contributed by atoms with Crippen molar-refractivity contribution in [2.24, 2.45) is 0 Å². The number of anilines is 2. The van der Waals surface area contributed by atoms with E-state index < -0.39 is 0 Å². The van der Waals surface area contributed by atoms with Crippen molar-refractivity contribution in [3.63, 3.8) is 0 Å². The zero-order valence-electron chi connectivity index (χ0n) is 20.5. The second-order valence-electron chi connectivity index (χ2n) is 8.44. The van der Waals surface area contributed by atoms with Crippen molar-refractivity contribution in [1.82, 2.24) is 10.5 Å². The van der Waals surface area contributed by atoms with Gasteiger partial charge in [-0.3, -0.25) is 4.79 Å². The number of carbonyl (C=O) groups excluding carboxylic acids is 1. The van der Waals surface area contributed by atoms with Gasteiger partial charge in [0.15, 0.2) is 17.8 Å². The van der Waals surface area contributed by atoms with E-state index in [1.807, 2.05) is 54.4 Å². The van der Waals surface area contributed by atoms with Gasteiger partial charge in [0.25, 0.3) is 0 Å². The Morgan fingerprint density at radius 1 is 1.22 bits per heavy atom. The number of aromatic nitrogens is 1. The first kappa shape index (κ1) is 25.2. The summed E-state index contributed by atoms with van der Waals surface area (Å²) in [5.41, 5.74) is 5.26. The number of rotatable bonds is 10. The number of nitrogens with one attached hydrogen (secondary N) is 1. The third-order valence-corrected chi connectivity index (χ3v) is 5.95. The largest absolute Gasteiger partial charge is 0.493 e. The Bertz CT molecular complexity index is 1240. The van der Waals surface area contributed by atoms with E-state index in [-0.39, 0.29) is 18.6 Å². The van der Waals surface area contributed by atoms with Gasteiger partial charge < -0.3 is 19.1 Å². The van der Waals surface area contributed by atoms with Gasteiger partial charge in [-0.05, 0) is 43.5 Å². The maximum Gasteiger partial charge on any atom is 0.243 e. The SMILES string of the molecule is COc1ccc(N(C)c2cc(C#N)nc3ccccc23)cc1OCCCC(=O)NOC1CCCCO1. The van der Waals surface area contributed by atoms with Crippen LogP contribution in [-0.4, -0.2) is 44.6 Å². The second-order valence-corrected chi connectivity index (χ2v) is 8.44. The summed E-state index contributed by atoms with van der Waals surface area (Å²) < 4.78 is 16.9. The zero-order valence-corrected chi connectivity index (χ0v) is 20.5. The van der Waals surface area contributed by atoms with Gasteiger partial charge in [-0.1, -0.05) is 18.2 Å². The summed E-state index contributed by atoms with van der Waals surface area (Å²) in [7, 11) is 3.51. The Kier molecular flexibility index (Phi) is 8.55. The molecule has 1 unspecified atom stereocenters. The number of amides is 1. The van der Waals surface area contributed by atoms with Crippen LogP contribution in [0.4, 0.5) is 11.4 Å². The molecule has 1 aromatic heterocycles. The van der Waals surface area contributed by atoms with Crippen molar-refractivity contribution in [3.05, 3.63) is 54.2 Å². The number of fused-ring (bicyclic) bond motifs is 1. The fourth-order valence-electron chi connectivity index (χ4n) is 4.02. The van der Waals surface area contributed by atoms with Crippen LogP contribution < -0.4 is 19.9 Å². The van der Waals surface area contributed by atoms with Crippen LogP contribution in [-0.2, 0) is 14.4 Å². The number of hydroxylamine groups is 1. The van der Waals surface area contributed by atoms with E-state index in [9.17, 15) is 10.1 Å². The molecule has 1 N–H and O–H groups in total. The topological polar surface area (TPSA) is 106 Å². The van der Waals surface area contributed by atoms with Crippen LogP contribution in [0.3, 0.4) is 0 Å². The van der Waals surface area contributed by atoms with Gasteiger partial charge in [0.1, 0.15) is 11.8 Å².